The fourth-order valence-corrected chi connectivity index (χ4v) is 2.25. The van der Waals surface area contributed by atoms with Crippen molar-refractivity contribution in [1.29, 1.82) is 0 Å². The Kier molecular flexibility index (Phi) is 10.1. The van der Waals surface area contributed by atoms with Crippen LogP contribution in [0, 0.1) is 0 Å². The molecule has 6 heteroatoms. The number of amides is 1. The van der Waals surface area contributed by atoms with Crippen LogP contribution in [0.2, 0.25) is 0 Å². The summed E-state index contributed by atoms with van der Waals surface area (Å²) in [6, 6.07) is 10.4. The van der Waals surface area contributed by atoms with E-state index in [0.29, 0.717) is 5.96 Å². The van der Waals surface area contributed by atoms with Gasteiger partial charge in [-0.3, -0.25) is 4.79 Å². The predicted molar refractivity (Wildman–Crippen MR) is 117 cm³/mol. The Balaban J connectivity index is 0.00000576. The summed E-state index contributed by atoms with van der Waals surface area (Å²) in [7, 11) is 0. The Morgan fingerprint density at radius 2 is 1.64 bits per heavy atom. The van der Waals surface area contributed by atoms with E-state index in [0.717, 1.165) is 13.1 Å². The standard InChI is InChI=1S/C19H32N4O.HI/c1-7-20-17(21-13-16(24)23-18(2,3)4)22-14-19(5,6)15-11-9-8-10-12-15;/h8-12H,7,13-14H2,1-6H3,(H,23,24)(H2,20,21,22);1H. The van der Waals surface area contributed by atoms with E-state index < -0.39 is 0 Å². The average molecular weight is 460 g/mol. The number of guanidine groups is 1. The van der Waals surface area contributed by atoms with Gasteiger partial charge in [0.05, 0.1) is 0 Å². The monoisotopic (exact) mass is 460 g/mol. The molecule has 1 aromatic carbocycles. The van der Waals surface area contributed by atoms with Crippen molar-refractivity contribution in [2.24, 2.45) is 4.99 Å². The number of carbonyl (C=O) groups is 1. The molecular formula is C19H33IN4O. The summed E-state index contributed by atoms with van der Waals surface area (Å²) < 4.78 is 0. The van der Waals surface area contributed by atoms with Gasteiger partial charge in [-0.15, -0.1) is 24.0 Å². The molecule has 0 aliphatic heterocycles. The Morgan fingerprint density at radius 3 is 2.16 bits per heavy atom. The zero-order chi connectivity index (χ0) is 18.2. The summed E-state index contributed by atoms with van der Waals surface area (Å²) in [4.78, 5) is 16.3. The van der Waals surface area contributed by atoms with Crippen LogP contribution in [0.1, 0.15) is 47.1 Å². The minimum absolute atomic E-state index is 0. The Hall–Kier alpha value is -1.31. The highest BCUT2D eigenvalue weighted by Gasteiger charge is 2.20. The van der Waals surface area contributed by atoms with Crippen LogP contribution < -0.4 is 16.0 Å². The maximum Gasteiger partial charge on any atom is 0.242 e. The lowest BCUT2D eigenvalue weighted by Gasteiger charge is -2.27. The van der Waals surface area contributed by atoms with Crippen molar-refractivity contribution >= 4 is 35.8 Å². The van der Waals surface area contributed by atoms with E-state index >= 15 is 0 Å². The number of hydrogen-bond donors (Lipinski definition) is 3. The predicted octanol–water partition coefficient (Wildman–Crippen LogP) is 3.05. The molecule has 0 radical (unpaired) electrons. The van der Waals surface area contributed by atoms with Crippen molar-refractivity contribution < 1.29 is 4.79 Å². The fraction of sp³-hybridized carbons (Fsp3) is 0.579. The van der Waals surface area contributed by atoms with Crippen molar-refractivity contribution in [2.75, 3.05) is 19.6 Å². The van der Waals surface area contributed by atoms with Gasteiger partial charge >= 0.3 is 0 Å². The van der Waals surface area contributed by atoms with Gasteiger partial charge in [-0.25, -0.2) is 4.99 Å². The molecule has 5 nitrogen and oxygen atoms in total. The van der Waals surface area contributed by atoms with Crippen LogP contribution in [0.3, 0.4) is 0 Å². The quantitative estimate of drug-likeness (QED) is 0.348. The number of nitrogens with one attached hydrogen (secondary N) is 3. The molecule has 0 heterocycles. The molecule has 1 aromatic rings. The maximum absolute atomic E-state index is 11.9. The SMILES string of the molecule is CCNC(=NCC(=O)NC(C)(C)C)NCC(C)(C)c1ccccc1.I. The molecule has 1 amide bonds. The Morgan fingerprint density at radius 1 is 1.04 bits per heavy atom. The molecule has 0 aliphatic rings. The first-order chi connectivity index (χ1) is 11.1. The fourth-order valence-electron chi connectivity index (χ4n) is 2.25. The first kappa shape index (κ1) is 23.7. The van der Waals surface area contributed by atoms with Crippen molar-refractivity contribution in [3.8, 4) is 0 Å². The van der Waals surface area contributed by atoms with Crippen LogP contribution >= 0.6 is 24.0 Å². The lowest BCUT2D eigenvalue weighted by Crippen LogP contribution is -2.45. The van der Waals surface area contributed by atoms with Crippen molar-refractivity contribution in [2.45, 2.75) is 52.5 Å². The van der Waals surface area contributed by atoms with Gasteiger partial charge in [-0.1, -0.05) is 44.2 Å². The second-order valence-corrected chi connectivity index (χ2v) is 7.60. The topological polar surface area (TPSA) is 65.5 Å². The van der Waals surface area contributed by atoms with Gasteiger partial charge in [0.25, 0.3) is 0 Å². The van der Waals surface area contributed by atoms with Crippen LogP contribution in [-0.2, 0) is 10.2 Å². The maximum atomic E-state index is 11.9. The van der Waals surface area contributed by atoms with Gasteiger partial charge in [0, 0.05) is 24.0 Å². The van der Waals surface area contributed by atoms with Crippen LogP contribution in [0.4, 0.5) is 0 Å². The van der Waals surface area contributed by atoms with Crippen molar-refractivity contribution in [3.63, 3.8) is 0 Å². The van der Waals surface area contributed by atoms with Crippen LogP contribution in [-0.4, -0.2) is 37.0 Å². The molecule has 0 bridgehead atoms. The van der Waals surface area contributed by atoms with Crippen LogP contribution in [0.5, 0.6) is 0 Å². The Bertz CT molecular complexity index is 550. The van der Waals surface area contributed by atoms with Gasteiger partial charge < -0.3 is 16.0 Å². The van der Waals surface area contributed by atoms with Gasteiger partial charge in [0.15, 0.2) is 5.96 Å². The highest BCUT2D eigenvalue weighted by atomic mass is 127. The molecule has 3 N–H and O–H groups in total. The third kappa shape index (κ3) is 9.67. The number of aliphatic imine (C=N–C) groups is 1. The van der Waals surface area contributed by atoms with Crippen LogP contribution in [0.25, 0.3) is 0 Å². The van der Waals surface area contributed by atoms with E-state index in [2.05, 4.69) is 46.9 Å². The smallest absolute Gasteiger partial charge is 0.242 e. The summed E-state index contributed by atoms with van der Waals surface area (Å²) >= 11 is 0. The number of carbonyl (C=O) groups excluding carboxylic acids is 1. The van der Waals surface area contributed by atoms with E-state index in [1.54, 1.807) is 0 Å². The number of rotatable bonds is 6. The molecule has 0 aromatic heterocycles. The second kappa shape index (κ2) is 10.6. The van der Waals surface area contributed by atoms with Crippen molar-refractivity contribution in [1.82, 2.24) is 16.0 Å². The molecule has 25 heavy (non-hydrogen) atoms. The number of hydrogen-bond acceptors (Lipinski definition) is 2. The first-order valence-corrected chi connectivity index (χ1v) is 8.53. The van der Waals surface area contributed by atoms with Crippen molar-refractivity contribution in [3.05, 3.63) is 35.9 Å². The molecular weight excluding hydrogens is 427 g/mol. The average Bonchev–Trinajstić information content (AvgIpc) is 2.49. The second-order valence-electron chi connectivity index (χ2n) is 7.60. The lowest BCUT2D eigenvalue weighted by molar-refractivity contribution is -0.121. The summed E-state index contributed by atoms with van der Waals surface area (Å²) in [5, 5.41) is 9.43. The zero-order valence-electron chi connectivity index (χ0n) is 16.3. The third-order valence-electron chi connectivity index (χ3n) is 3.49. The molecule has 0 unspecified atom stereocenters. The summed E-state index contributed by atoms with van der Waals surface area (Å²) in [6.45, 7) is 13.8. The van der Waals surface area contributed by atoms with Crippen LogP contribution in [0.15, 0.2) is 35.3 Å². The molecule has 0 saturated carbocycles. The molecule has 0 aliphatic carbocycles. The number of benzene rings is 1. The molecule has 1 rings (SSSR count). The van der Waals surface area contributed by atoms with E-state index in [4.69, 9.17) is 0 Å². The van der Waals surface area contributed by atoms with E-state index in [-0.39, 0.29) is 47.4 Å². The van der Waals surface area contributed by atoms with Gasteiger partial charge in [0.2, 0.25) is 5.91 Å². The lowest BCUT2D eigenvalue weighted by atomic mass is 9.85. The molecule has 0 atom stereocenters. The molecule has 142 valence electrons. The summed E-state index contributed by atoms with van der Waals surface area (Å²) in [5.74, 6) is 0.576. The number of halogens is 1. The third-order valence-corrected chi connectivity index (χ3v) is 3.49. The highest BCUT2D eigenvalue weighted by molar-refractivity contribution is 14.0. The molecule has 0 saturated heterocycles. The van der Waals surface area contributed by atoms with Gasteiger partial charge in [-0.2, -0.15) is 0 Å². The van der Waals surface area contributed by atoms with E-state index in [1.807, 2.05) is 45.9 Å². The normalized spacial score (nSPS) is 12.2. The van der Waals surface area contributed by atoms with E-state index in [1.165, 1.54) is 5.56 Å². The summed E-state index contributed by atoms with van der Waals surface area (Å²) in [5.41, 5.74) is 0.984. The Labute approximate surface area is 169 Å². The minimum Gasteiger partial charge on any atom is -0.357 e. The number of nitrogens with zero attached hydrogens (tertiary/aromatic N) is 1. The molecule has 0 fully saturated rings. The van der Waals surface area contributed by atoms with Gasteiger partial charge in [0.1, 0.15) is 6.54 Å². The first-order valence-electron chi connectivity index (χ1n) is 8.53. The van der Waals surface area contributed by atoms with E-state index in [9.17, 15) is 4.79 Å². The van der Waals surface area contributed by atoms with Gasteiger partial charge in [-0.05, 0) is 33.3 Å². The summed E-state index contributed by atoms with van der Waals surface area (Å²) in [6.07, 6.45) is 0. The minimum atomic E-state index is -0.242. The zero-order valence-corrected chi connectivity index (χ0v) is 18.6. The molecule has 0 spiro atoms. The largest absolute Gasteiger partial charge is 0.357 e. The highest BCUT2D eigenvalue weighted by Crippen LogP contribution is 2.21.